The summed E-state index contributed by atoms with van der Waals surface area (Å²) in [6.07, 6.45) is 9.04. The Kier molecular flexibility index (Phi) is 10.5. The fourth-order valence-corrected chi connectivity index (χ4v) is 8.33. The predicted octanol–water partition coefficient (Wildman–Crippen LogP) is 7.20. The van der Waals surface area contributed by atoms with Crippen LogP contribution in [0.25, 0.3) is 11.3 Å². The second kappa shape index (κ2) is 15.7. The highest BCUT2D eigenvalue weighted by Gasteiger charge is 2.31. The van der Waals surface area contributed by atoms with Crippen molar-refractivity contribution >= 4 is 23.4 Å². The van der Waals surface area contributed by atoms with Crippen LogP contribution in [0.4, 0.5) is 16.6 Å². The molecular formula is C43H56N10O2. The van der Waals surface area contributed by atoms with Crippen LogP contribution in [-0.2, 0) is 11.8 Å². The van der Waals surface area contributed by atoms with E-state index in [2.05, 4.69) is 111 Å². The van der Waals surface area contributed by atoms with E-state index in [4.69, 9.17) is 9.84 Å². The van der Waals surface area contributed by atoms with Gasteiger partial charge in [0, 0.05) is 43.2 Å². The van der Waals surface area contributed by atoms with Crippen LogP contribution in [0.1, 0.15) is 101 Å². The summed E-state index contributed by atoms with van der Waals surface area (Å²) in [5.41, 5.74) is 5.87. The minimum Gasteiger partial charge on any atom is -0.484 e. The van der Waals surface area contributed by atoms with Crippen molar-refractivity contribution < 1.29 is 9.53 Å². The van der Waals surface area contributed by atoms with Gasteiger partial charge in [-0.2, -0.15) is 5.10 Å². The maximum Gasteiger partial charge on any atom is 0.320 e. The van der Waals surface area contributed by atoms with Crippen LogP contribution in [0.3, 0.4) is 0 Å². The van der Waals surface area contributed by atoms with Crippen LogP contribution in [0.15, 0.2) is 72.9 Å². The molecule has 2 amide bonds. The summed E-state index contributed by atoms with van der Waals surface area (Å²) in [6.45, 7) is 12.9. The third-order valence-electron chi connectivity index (χ3n) is 11.6. The molecule has 8 rings (SSSR count). The Labute approximate surface area is 324 Å². The van der Waals surface area contributed by atoms with Gasteiger partial charge in [0.15, 0.2) is 5.65 Å². The number of hydrogen-bond donors (Lipinski definition) is 3. The second-order valence-corrected chi connectivity index (χ2v) is 16.8. The number of pyridine rings is 1. The smallest absolute Gasteiger partial charge is 0.320 e. The molecule has 5 heterocycles. The molecule has 0 radical (unpaired) electrons. The van der Waals surface area contributed by atoms with Crippen molar-refractivity contribution in [2.24, 2.45) is 0 Å². The first-order valence-corrected chi connectivity index (χ1v) is 20.2. The van der Waals surface area contributed by atoms with Gasteiger partial charge >= 0.3 is 6.03 Å². The molecule has 0 bridgehead atoms. The molecule has 55 heavy (non-hydrogen) atoms. The zero-order valence-electron chi connectivity index (χ0n) is 33.0. The number of hydrogen-bond acceptors (Lipinski definition) is 8. The molecule has 5 aromatic rings. The Hall–Kier alpha value is -4.94. The van der Waals surface area contributed by atoms with Crippen LogP contribution in [0.5, 0.6) is 5.75 Å². The van der Waals surface area contributed by atoms with E-state index in [1.165, 1.54) is 12.0 Å². The molecule has 2 aliphatic heterocycles. The largest absolute Gasteiger partial charge is 0.484 e. The zero-order chi connectivity index (χ0) is 38.1. The molecule has 0 saturated carbocycles. The number of carbonyl (C=O) groups is 1. The van der Waals surface area contributed by atoms with Gasteiger partial charge in [-0.1, -0.05) is 57.2 Å². The summed E-state index contributed by atoms with van der Waals surface area (Å²) >= 11 is 0. The molecule has 1 unspecified atom stereocenters. The number of piperidine rings is 1. The van der Waals surface area contributed by atoms with Gasteiger partial charge in [-0.25, -0.2) is 9.48 Å². The third kappa shape index (κ3) is 8.21. The molecule has 3 N–H and O–H groups in total. The summed E-state index contributed by atoms with van der Waals surface area (Å²) < 4.78 is 10.6. The van der Waals surface area contributed by atoms with Crippen LogP contribution in [0.2, 0.25) is 0 Å². The molecule has 0 spiro atoms. The maximum atomic E-state index is 13.8. The molecule has 4 atom stereocenters. The summed E-state index contributed by atoms with van der Waals surface area (Å²) in [6, 6.07) is 23.3. The standard InChI is InChI=1S/C43H56N10O2/c1-29-10-8-9-23-51(29)42-48-47-39-20-17-33(28-52(39)42)55-37-19-18-36(34-11-6-7-12-35(34)37)45-41(54)46-40-27-38(43(2,3)4)49-53(40)32-15-13-30(14-16-32)26-31-21-24-50(5)25-22-44-31/h6-7,11-17,20,27-29,31,36-37,44H,8-10,18-19,21-26H2,1-5H3,(H2,45,46,54)/t29-,31?,36-,37+/m0/s1. The zero-order valence-corrected chi connectivity index (χ0v) is 33.0. The number of aromatic nitrogens is 5. The fraction of sp³-hybridized carbons (Fsp3) is 0.488. The van der Waals surface area contributed by atoms with E-state index in [9.17, 15) is 4.79 Å². The highest BCUT2D eigenvalue weighted by Crippen LogP contribution is 2.39. The van der Waals surface area contributed by atoms with Gasteiger partial charge in [0.25, 0.3) is 0 Å². The van der Waals surface area contributed by atoms with Crippen molar-refractivity contribution in [3.05, 3.63) is 95.3 Å². The van der Waals surface area contributed by atoms with Gasteiger partial charge in [0.05, 0.1) is 23.6 Å². The highest BCUT2D eigenvalue weighted by atomic mass is 16.5. The van der Waals surface area contributed by atoms with Crippen LogP contribution in [-0.4, -0.2) is 80.6 Å². The van der Waals surface area contributed by atoms with Crippen LogP contribution >= 0.6 is 0 Å². The second-order valence-electron chi connectivity index (χ2n) is 16.8. The summed E-state index contributed by atoms with van der Waals surface area (Å²) in [5, 5.41) is 24.1. The number of nitrogens with zero attached hydrogens (tertiary/aromatic N) is 7. The monoisotopic (exact) mass is 744 g/mol. The Balaban J connectivity index is 0.963. The van der Waals surface area contributed by atoms with Gasteiger partial charge < -0.3 is 25.2 Å². The fourth-order valence-electron chi connectivity index (χ4n) is 8.33. The molecule has 2 aromatic carbocycles. The van der Waals surface area contributed by atoms with Crippen molar-refractivity contribution in [3.63, 3.8) is 0 Å². The average molecular weight is 745 g/mol. The number of rotatable bonds is 8. The Morgan fingerprint density at radius 2 is 1.75 bits per heavy atom. The first-order chi connectivity index (χ1) is 26.6. The molecule has 12 heteroatoms. The Morgan fingerprint density at radius 3 is 2.55 bits per heavy atom. The van der Waals surface area contributed by atoms with Gasteiger partial charge in [0.2, 0.25) is 5.95 Å². The third-order valence-corrected chi connectivity index (χ3v) is 11.6. The van der Waals surface area contributed by atoms with Crippen molar-refractivity contribution in [1.29, 1.82) is 0 Å². The minimum absolute atomic E-state index is 0.151. The van der Waals surface area contributed by atoms with E-state index >= 15 is 0 Å². The molecule has 2 saturated heterocycles. The average Bonchev–Trinajstić information content (AvgIpc) is 3.73. The van der Waals surface area contributed by atoms with Gasteiger partial charge in [-0.3, -0.25) is 9.72 Å². The maximum absolute atomic E-state index is 13.8. The Morgan fingerprint density at radius 1 is 0.927 bits per heavy atom. The summed E-state index contributed by atoms with van der Waals surface area (Å²) in [4.78, 5) is 18.5. The molecule has 1 aliphatic carbocycles. The van der Waals surface area contributed by atoms with E-state index < -0.39 is 0 Å². The van der Waals surface area contributed by atoms with E-state index in [1.54, 1.807) is 0 Å². The van der Waals surface area contributed by atoms with E-state index in [0.717, 1.165) is 105 Å². The van der Waals surface area contributed by atoms with Crippen molar-refractivity contribution in [3.8, 4) is 11.4 Å². The van der Waals surface area contributed by atoms with Gasteiger partial charge in [0.1, 0.15) is 17.7 Å². The van der Waals surface area contributed by atoms with Crippen molar-refractivity contribution in [2.45, 2.75) is 102 Å². The first-order valence-electron chi connectivity index (χ1n) is 20.2. The predicted molar refractivity (Wildman–Crippen MR) is 217 cm³/mol. The summed E-state index contributed by atoms with van der Waals surface area (Å²) in [5.74, 6) is 2.28. The lowest BCUT2D eigenvalue weighted by molar-refractivity contribution is 0.171. The lowest BCUT2D eigenvalue weighted by Gasteiger charge is -2.33. The molecular weight excluding hydrogens is 689 g/mol. The number of amides is 2. The molecule has 290 valence electrons. The quantitative estimate of drug-likeness (QED) is 0.153. The van der Waals surface area contributed by atoms with E-state index in [-0.39, 0.29) is 23.6 Å². The lowest BCUT2D eigenvalue weighted by atomic mass is 9.85. The molecule has 3 aliphatic rings. The number of urea groups is 1. The topological polar surface area (TPSA) is 117 Å². The number of carbonyl (C=O) groups excluding carboxylic acids is 1. The number of likely N-dealkylation sites (N-methyl/N-ethyl adjacent to an activating group) is 1. The van der Waals surface area contributed by atoms with E-state index in [1.807, 2.05) is 41.2 Å². The molecule has 3 aromatic heterocycles. The highest BCUT2D eigenvalue weighted by molar-refractivity contribution is 5.89. The van der Waals surface area contributed by atoms with Gasteiger partial charge in [-0.15, -0.1) is 10.2 Å². The number of fused-ring (bicyclic) bond motifs is 2. The van der Waals surface area contributed by atoms with Crippen LogP contribution in [0, 0.1) is 0 Å². The SMILES string of the molecule is C[C@H]1CCCCN1c1nnc2ccc(O[C@@H]3CC[C@H](NC(=O)Nc4cc(C(C)(C)C)nn4-c4ccc(CC5CCN(C)CCN5)cc4)c4ccccc43)cn12. The normalized spacial score (nSPS) is 22.2. The number of nitrogens with one attached hydrogen (secondary N) is 3. The molecule has 12 nitrogen and oxygen atoms in total. The van der Waals surface area contributed by atoms with Crippen molar-refractivity contribution in [2.75, 3.05) is 43.4 Å². The number of benzene rings is 2. The Bertz CT molecular complexity index is 2100. The number of ether oxygens (including phenoxy) is 1. The van der Waals surface area contributed by atoms with Crippen molar-refractivity contribution in [1.82, 2.24) is 39.9 Å². The summed E-state index contributed by atoms with van der Waals surface area (Å²) in [7, 11) is 2.19. The van der Waals surface area contributed by atoms with Crippen LogP contribution < -0.4 is 25.6 Å². The van der Waals surface area contributed by atoms with Gasteiger partial charge in [-0.05, 0) is 106 Å². The minimum atomic E-state index is -0.265. The first kappa shape index (κ1) is 37.0. The number of anilines is 2. The van der Waals surface area contributed by atoms with E-state index in [0.29, 0.717) is 17.9 Å². The lowest BCUT2D eigenvalue weighted by Crippen LogP contribution is -2.38. The molecule has 2 fully saturated rings.